The highest BCUT2D eigenvalue weighted by atomic mass is 32.1. The first-order valence-electron chi connectivity index (χ1n) is 7.07. The summed E-state index contributed by atoms with van der Waals surface area (Å²) in [5.74, 6) is -0.163. The molecule has 0 aliphatic rings. The third-order valence-corrected chi connectivity index (χ3v) is 3.51. The number of anilines is 1. The van der Waals surface area contributed by atoms with E-state index in [0.29, 0.717) is 10.0 Å². The van der Waals surface area contributed by atoms with Gasteiger partial charge in [-0.3, -0.25) is 10.1 Å². The summed E-state index contributed by atoms with van der Waals surface area (Å²) in [6, 6.07) is 9.54. The van der Waals surface area contributed by atoms with Crippen LogP contribution in [0.1, 0.15) is 36.0 Å². The van der Waals surface area contributed by atoms with Crippen molar-refractivity contribution >= 4 is 34.4 Å². The van der Waals surface area contributed by atoms with E-state index in [0.717, 1.165) is 16.9 Å². The molecule has 120 valence electrons. The number of ether oxygens (including phenoxy) is 1. The highest BCUT2D eigenvalue weighted by molar-refractivity contribution is 7.17. The summed E-state index contributed by atoms with van der Waals surface area (Å²) in [6.45, 7) is 5.33. The molecular formula is C17H18N2O3S. The summed E-state index contributed by atoms with van der Waals surface area (Å²) in [5.41, 5.74) is 0.357. The van der Waals surface area contributed by atoms with Crippen molar-refractivity contribution in [1.29, 1.82) is 0 Å². The topological polar surface area (TPSA) is 68.3 Å². The molecule has 23 heavy (non-hydrogen) atoms. The number of hydrogen-bond acceptors (Lipinski definition) is 5. The molecule has 0 unspecified atom stereocenters. The Labute approximate surface area is 139 Å². The molecule has 0 aliphatic heterocycles. The maximum atomic E-state index is 12.1. The first-order valence-corrected chi connectivity index (χ1v) is 7.88. The molecule has 1 amide bonds. The fourth-order valence-corrected chi connectivity index (χ4v) is 2.38. The Bertz CT molecular complexity index is 715. The van der Waals surface area contributed by atoms with Gasteiger partial charge in [-0.1, -0.05) is 47.7 Å². The van der Waals surface area contributed by atoms with Crippen molar-refractivity contribution in [2.45, 2.75) is 26.4 Å². The number of carbonyl (C=O) groups excluding carboxylic acids is 2. The van der Waals surface area contributed by atoms with Gasteiger partial charge in [-0.05, 0) is 32.4 Å². The Balaban J connectivity index is 1.97. The first-order chi connectivity index (χ1) is 10.8. The predicted molar refractivity (Wildman–Crippen MR) is 91.8 cm³/mol. The Morgan fingerprint density at radius 3 is 2.57 bits per heavy atom. The van der Waals surface area contributed by atoms with Gasteiger partial charge in [-0.2, -0.15) is 0 Å². The minimum atomic E-state index is -0.592. The number of carbonyl (C=O) groups is 2. The molecule has 0 saturated carbocycles. The van der Waals surface area contributed by atoms with Crippen LogP contribution in [0.5, 0.6) is 0 Å². The lowest BCUT2D eigenvalue weighted by Gasteiger charge is -2.18. The fraction of sp³-hybridized carbons (Fsp3) is 0.235. The number of allylic oxidation sites excluding steroid dienone is 1. The number of benzene rings is 1. The van der Waals surface area contributed by atoms with E-state index in [2.05, 4.69) is 10.3 Å². The normalized spacial score (nSPS) is 11.4. The number of aromatic nitrogens is 1. The van der Waals surface area contributed by atoms with Gasteiger partial charge in [0.1, 0.15) is 5.60 Å². The quantitative estimate of drug-likeness (QED) is 0.667. The highest BCUT2D eigenvalue weighted by Gasteiger charge is 2.17. The monoisotopic (exact) mass is 330 g/mol. The summed E-state index contributed by atoms with van der Waals surface area (Å²) < 4.78 is 5.13. The summed E-state index contributed by atoms with van der Waals surface area (Å²) >= 11 is 1.11. The molecule has 0 atom stereocenters. The van der Waals surface area contributed by atoms with E-state index in [9.17, 15) is 9.59 Å². The molecular weight excluding hydrogens is 312 g/mol. The van der Waals surface area contributed by atoms with Crippen molar-refractivity contribution in [3.63, 3.8) is 0 Å². The molecule has 1 aromatic heterocycles. The molecule has 0 aliphatic carbocycles. The number of hydrogen-bond donors (Lipinski definition) is 1. The minimum Gasteiger partial charge on any atom is -0.444 e. The second-order valence-electron chi connectivity index (χ2n) is 5.76. The van der Waals surface area contributed by atoms with Gasteiger partial charge in [0, 0.05) is 0 Å². The van der Waals surface area contributed by atoms with Crippen LogP contribution < -0.4 is 5.32 Å². The van der Waals surface area contributed by atoms with Crippen molar-refractivity contribution in [1.82, 2.24) is 4.98 Å². The van der Waals surface area contributed by atoms with Gasteiger partial charge in [0.2, 0.25) is 0 Å². The van der Waals surface area contributed by atoms with Crippen molar-refractivity contribution in [3.05, 3.63) is 53.0 Å². The average Bonchev–Trinajstić information content (AvgIpc) is 2.92. The molecule has 0 saturated heterocycles. The van der Waals surface area contributed by atoms with Crippen LogP contribution in [0.3, 0.4) is 0 Å². The molecule has 0 bridgehead atoms. The lowest BCUT2D eigenvalue weighted by Crippen LogP contribution is -2.27. The Kier molecular flexibility index (Phi) is 5.28. The number of nitrogens with zero attached hydrogens (tertiary/aromatic N) is 1. The Morgan fingerprint density at radius 1 is 1.22 bits per heavy atom. The number of rotatable bonds is 4. The zero-order valence-corrected chi connectivity index (χ0v) is 14.0. The van der Waals surface area contributed by atoms with Gasteiger partial charge in [-0.25, -0.2) is 9.78 Å². The number of thiazole rings is 1. The minimum absolute atomic E-state index is 0.163. The van der Waals surface area contributed by atoms with Crippen LogP contribution in [0.2, 0.25) is 0 Å². The number of amides is 1. The Morgan fingerprint density at radius 2 is 1.91 bits per heavy atom. The summed E-state index contributed by atoms with van der Waals surface area (Å²) in [7, 11) is 0. The standard InChI is InChI=1S/C17H18N2O3S/c1-17(2,3)22-16(21)19-15-18-11-14(23-15)13(20)10-9-12-7-5-4-6-8-12/h4-11H,1-3H3,(H,18,19,21)/b10-9+. The molecule has 1 N–H and O–H groups in total. The van der Waals surface area contributed by atoms with Gasteiger partial charge in [0.25, 0.3) is 0 Å². The van der Waals surface area contributed by atoms with E-state index >= 15 is 0 Å². The lowest BCUT2D eigenvalue weighted by atomic mass is 10.2. The number of ketones is 1. The fourth-order valence-electron chi connectivity index (χ4n) is 1.65. The van der Waals surface area contributed by atoms with E-state index in [1.165, 1.54) is 12.3 Å². The SMILES string of the molecule is CC(C)(C)OC(=O)Nc1ncc(C(=O)/C=C/c2ccccc2)s1. The largest absolute Gasteiger partial charge is 0.444 e. The van der Waals surface area contributed by atoms with Crippen LogP contribution in [0.4, 0.5) is 9.93 Å². The first kappa shape index (κ1) is 16.9. The van der Waals surface area contributed by atoms with Crippen molar-refractivity contribution in [3.8, 4) is 0 Å². The van der Waals surface area contributed by atoms with Crippen LogP contribution in [0.25, 0.3) is 6.08 Å². The summed E-state index contributed by atoms with van der Waals surface area (Å²) in [4.78, 5) is 28.2. The van der Waals surface area contributed by atoms with Crippen LogP contribution >= 0.6 is 11.3 Å². The van der Waals surface area contributed by atoms with Crippen molar-refractivity contribution < 1.29 is 14.3 Å². The second kappa shape index (κ2) is 7.19. The van der Waals surface area contributed by atoms with E-state index < -0.39 is 11.7 Å². The third kappa shape index (κ3) is 5.67. The molecule has 5 nitrogen and oxygen atoms in total. The van der Waals surface area contributed by atoms with E-state index in [4.69, 9.17) is 4.74 Å². The lowest BCUT2D eigenvalue weighted by molar-refractivity contribution is 0.0635. The molecule has 6 heteroatoms. The van der Waals surface area contributed by atoms with E-state index in [1.807, 2.05) is 30.3 Å². The van der Waals surface area contributed by atoms with Crippen molar-refractivity contribution in [2.24, 2.45) is 0 Å². The zero-order chi connectivity index (χ0) is 16.9. The molecule has 0 fully saturated rings. The molecule has 1 aromatic carbocycles. The number of nitrogens with one attached hydrogen (secondary N) is 1. The van der Waals surface area contributed by atoms with Gasteiger partial charge < -0.3 is 4.74 Å². The molecule has 2 aromatic rings. The second-order valence-corrected chi connectivity index (χ2v) is 6.80. The Hall–Kier alpha value is -2.47. The van der Waals surface area contributed by atoms with Crippen LogP contribution in [0, 0.1) is 0 Å². The smallest absolute Gasteiger partial charge is 0.413 e. The van der Waals surface area contributed by atoms with E-state index in [-0.39, 0.29) is 5.78 Å². The van der Waals surface area contributed by atoms with Crippen molar-refractivity contribution in [2.75, 3.05) is 5.32 Å². The molecule has 1 heterocycles. The van der Waals surface area contributed by atoms with Gasteiger partial charge in [0.05, 0.1) is 11.1 Å². The average molecular weight is 330 g/mol. The van der Waals surface area contributed by atoms with Crippen LogP contribution in [0.15, 0.2) is 42.6 Å². The van der Waals surface area contributed by atoms with Crippen LogP contribution in [-0.4, -0.2) is 22.5 Å². The van der Waals surface area contributed by atoms with E-state index in [1.54, 1.807) is 26.8 Å². The molecule has 0 spiro atoms. The maximum Gasteiger partial charge on any atom is 0.413 e. The summed E-state index contributed by atoms with van der Waals surface area (Å²) in [5, 5.41) is 2.85. The van der Waals surface area contributed by atoms with Gasteiger partial charge in [0.15, 0.2) is 10.9 Å². The highest BCUT2D eigenvalue weighted by Crippen LogP contribution is 2.20. The molecule has 2 rings (SSSR count). The van der Waals surface area contributed by atoms with Crippen LogP contribution in [-0.2, 0) is 4.74 Å². The maximum absolute atomic E-state index is 12.1. The third-order valence-electron chi connectivity index (χ3n) is 2.58. The summed E-state index contributed by atoms with van der Waals surface area (Å²) in [6.07, 6.45) is 4.07. The van der Waals surface area contributed by atoms with Gasteiger partial charge in [-0.15, -0.1) is 0 Å². The molecule has 0 radical (unpaired) electrons. The zero-order valence-electron chi connectivity index (χ0n) is 13.2. The van der Waals surface area contributed by atoms with Gasteiger partial charge >= 0.3 is 6.09 Å². The predicted octanol–water partition coefficient (Wildman–Crippen LogP) is 4.39.